The second-order valence-electron chi connectivity index (χ2n) is 2.82. The molecule has 0 fully saturated rings. The van der Waals surface area contributed by atoms with E-state index in [1.54, 1.807) is 6.08 Å². The standard InChI is InChI=1S/C10H11N3O2S/c1-3-4-13-9-6(5-11)7(12)8(16-9)10(14)15-2/h3,13H,1,4,12H2,2H3. The molecule has 0 aliphatic heterocycles. The maximum absolute atomic E-state index is 11.3. The molecule has 0 radical (unpaired) electrons. The van der Waals surface area contributed by atoms with Gasteiger partial charge >= 0.3 is 5.97 Å². The van der Waals surface area contributed by atoms with Crippen molar-refractivity contribution in [3.63, 3.8) is 0 Å². The Balaban J connectivity index is 3.15. The fraction of sp³-hybridized carbons (Fsp3) is 0.200. The van der Waals surface area contributed by atoms with Gasteiger partial charge in [-0.15, -0.1) is 17.9 Å². The van der Waals surface area contributed by atoms with Crippen molar-refractivity contribution in [3.05, 3.63) is 23.1 Å². The van der Waals surface area contributed by atoms with Gasteiger partial charge < -0.3 is 15.8 Å². The number of methoxy groups -OCH3 is 1. The fourth-order valence-electron chi connectivity index (χ4n) is 1.09. The number of nitrogens with one attached hydrogen (secondary N) is 1. The molecule has 0 aliphatic rings. The number of esters is 1. The minimum atomic E-state index is -0.536. The van der Waals surface area contributed by atoms with Gasteiger partial charge in [-0.25, -0.2) is 4.79 Å². The van der Waals surface area contributed by atoms with E-state index in [0.29, 0.717) is 11.5 Å². The molecule has 0 unspecified atom stereocenters. The van der Waals surface area contributed by atoms with Crippen molar-refractivity contribution in [3.8, 4) is 6.07 Å². The number of hydrogen-bond donors (Lipinski definition) is 2. The number of nitrogen functional groups attached to an aromatic ring is 1. The van der Waals surface area contributed by atoms with E-state index in [9.17, 15) is 4.79 Å². The van der Waals surface area contributed by atoms with Crippen LogP contribution in [-0.2, 0) is 4.74 Å². The van der Waals surface area contributed by atoms with E-state index >= 15 is 0 Å². The molecule has 1 rings (SSSR count). The number of hydrogen-bond acceptors (Lipinski definition) is 6. The largest absolute Gasteiger partial charge is 0.465 e. The molecular weight excluding hydrogens is 226 g/mol. The van der Waals surface area contributed by atoms with Crippen LogP contribution in [0.5, 0.6) is 0 Å². The molecule has 16 heavy (non-hydrogen) atoms. The molecule has 0 atom stereocenters. The molecule has 0 bridgehead atoms. The molecule has 84 valence electrons. The molecule has 6 heteroatoms. The lowest BCUT2D eigenvalue weighted by Gasteiger charge is -1.98. The van der Waals surface area contributed by atoms with Crippen molar-refractivity contribution < 1.29 is 9.53 Å². The Kier molecular flexibility index (Phi) is 3.91. The van der Waals surface area contributed by atoms with Crippen LogP contribution in [0.3, 0.4) is 0 Å². The minimum absolute atomic E-state index is 0.158. The Hall–Kier alpha value is -2.00. The quantitative estimate of drug-likeness (QED) is 0.613. The van der Waals surface area contributed by atoms with Crippen molar-refractivity contribution >= 4 is 28.0 Å². The van der Waals surface area contributed by atoms with E-state index in [2.05, 4.69) is 16.6 Å². The maximum atomic E-state index is 11.3. The van der Waals surface area contributed by atoms with E-state index < -0.39 is 5.97 Å². The Morgan fingerprint density at radius 3 is 3.00 bits per heavy atom. The fourth-order valence-corrected chi connectivity index (χ4v) is 2.08. The first kappa shape index (κ1) is 12.1. The lowest BCUT2D eigenvalue weighted by molar-refractivity contribution is 0.0607. The molecule has 1 aromatic heterocycles. The van der Waals surface area contributed by atoms with Gasteiger partial charge in [0.1, 0.15) is 21.5 Å². The van der Waals surface area contributed by atoms with Crippen LogP contribution < -0.4 is 11.1 Å². The highest BCUT2D eigenvalue weighted by Crippen LogP contribution is 2.35. The van der Waals surface area contributed by atoms with Crippen LogP contribution >= 0.6 is 11.3 Å². The number of carbonyl (C=O) groups is 1. The first-order chi connectivity index (χ1) is 7.65. The summed E-state index contributed by atoms with van der Waals surface area (Å²) < 4.78 is 4.57. The molecule has 1 aromatic rings. The predicted molar refractivity (Wildman–Crippen MR) is 63.5 cm³/mol. The average Bonchev–Trinajstić information content (AvgIpc) is 2.62. The van der Waals surface area contributed by atoms with E-state index in [-0.39, 0.29) is 16.1 Å². The zero-order valence-corrected chi connectivity index (χ0v) is 9.56. The minimum Gasteiger partial charge on any atom is -0.465 e. The summed E-state index contributed by atoms with van der Waals surface area (Å²) in [6, 6.07) is 1.95. The SMILES string of the molecule is C=CCNc1sc(C(=O)OC)c(N)c1C#N. The first-order valence-electron chi connectivity index (χ1n) is 4.41. The van der Waals surface area contributed by atoms with Gasteiger partial charge in [-0.1, -0.05) is 6.08 Å². The maximum Gasteiger partial charge on any atom is 0.350 e. The summed E-state index contributed by atoms with van der Waals surface area (Å²) >= 11 is 1.10. The number of carbonyl (C=O) groups excluding carboxylic acids is 1. The molecular formula is C10H11N3O2S. The predicted octanol–water partition coefficient (Wildman–Crippen LogP) is 1.59. The van der Waals surface area contributed by atoms with Crippen LogP contribution in [0.2, 0.25) is 0 Å². The highest BCUT2D eigenvalue weighted by molar-refractivity contribution is 7.18. The smallest absolute Gasteiger partial charge is 0.350 e. The number of anilines is 2. The third-order valence-corrected chi connectivity index (χ3v) is 2.98. The van der Waals surface area contributed by atoms with Gasteiger partial charge in [0, 0.05) is 6.54 Å². The molecule has 3 N–H and O–H groups in total. The highest BCUT2D eigenvalue weighted by Gasteiger charge is 2.20. The Labute approximate surface area is 97.1 Å². The van der Waals surface area contributed by atoms with Crippen LogP contribution in [0, 0.1) is 11.3 Å². The van der Waals surface area contributed by atoms with Gasteiger partial charge in [-0.05, 0) is 0 Å². The highest BCUT2D eigenvalue weighted by atomic mass is 32.1. The second kappa shape index (κ2) is 5.19. The van der Waals surface area contributed by atoms with Crippen LogP contribution in [0.4, 0.5) is 10.7 Å². The molecule has 5 nitrogen and oxygen atoms in total. The van der Waals surface area contributed by atoms with E-state index in [1.807, 2.05) is 6.07 Å². The third-order valence-electron chi connectivity index (χ3n) is 1.83. The summed E-state index contributed by atoms with van der Waals surface area (Å²) in [6.45, 7) is 4.04. The monoisotopic (exact) mass is 237 g/mol. The van der Waals surface area contributed by atoms with Crippen molar-refractivity contribution in [2.75, 3.05) is 24.7 Å². The van der Waals surface area contributed by atoms with Crippen molar-refractivity contribution in [2.45, 2.75) is 0 Å². The van der Waals surface area contributed by atoms with Gasteiger partial charge in [0.05, 0.1) is 12.8 Å². The van der Waals surface area contributed by atoms with E-state index in [0.717, 1.165) is 11.3 Å². The molecule has 0 aromatic carbocycles. The van der Waals surface area contributed by atoms with Gasteiger partial charge in [0.25, 0.3) is 0 Å². The molecule has 0 saturated heterocycles. The van der Waals surface area contributed by atoms with Gasteiger partial charge in [0.15, 0.2) is 0 Å². The zero-order chi connectivity index (χ0) is 12.1. The third kappa shape index (κ3) is 2.15. The molecule has 1 heterocycles. The van der Waals surface area contributed by atoms with E-state index in [1.165, 1.54) is 7.11 Å². The number of nitrogens with two attached hydrogens (primary N) is 1. The Morgan fingerprint density at radius 2 is 2.50 bits per heavy atom. The van der Waals surface area contributed by atoms with Gasteiger partial charge in [0.2, 0.25) is 0 Å². The number of nitrogens with zero attached hydrogens (tertiary/aromatic N) is 1. The topological polar surface area (TPSA) is 88.1 Å². The number of thiophene rings is 1. The summed E-state index contributed by atoms with van der Waals surface area (Å²) in [5.41, 5.74) is 6.11. The Morgan fingerprint density at radius 1 is 1.81 bits per heavy atom. The van der Waals surface area contributed by atoms with Crippen molar-refractivity contribution in [1.82, 2.24) is 0 Å². The van der Waals surface area contributed by atoms with E-state index in [4.69, 9.17) is 11.0 Å². The van der Waals surface area contributed by atoms with Gasteiger partial charge in [-0.3, -0.25) is 0 Å². The summed E-state index contributed by atoms with van der Waals surface area (Å²) in [7, 11) is 1.27. The number of rotatable bonds is 4. The van der Waals surface area contributed by atoms with Gasteiger partial charge in [-0.2, -0.15) is 5.26 Å². The van der Waals surface area contributed by atoms with Crippen LogP contribution in [0.15, 0.2) is 12.7 Å². The summed E-state index contributed by atoms with van der Waals surface area (Å²) in [4.78, 5) is 11.6. The molecule has 0 spiro atoms. The Bertz CT molecular complexity index is 459. The number of ether oxygens (including phenoxy) is 1. The number of nitriles is 1. The second-order valence-corrected chi connectivity index (χ2v) is 3.84. The lowest BCUT2D eigenvalue weighted by Crippen LogP contribution is -2.02. The molecule has 0 amide bonds. The summed E-state index contributed by atoms with van der Waals surface area (Å²) in [5, 5.41) is 12.4. The summed E-state index contributed by atoms with van der Waals surface area (Å²) in [5.74, 6) is -0.536. The molecule has 0 aliphatic carbocycles. The lowest BCUT2D eigenvalue weighted by atomic mass is 10.2. The van der Waals surface area contributed by atoms with Crippen molar-refractivity contribution in [1.29, 1.82) is 5.26 Å². The van der Waals surface area contributed by atoms with Crippen LogP contribution in [-0.4, -0.2) is 19.6 Å². The summed E-state index contributed by atoms with van der Waals surface area (Å²) in [6.07, 6.45) is 1.65. The molecule has 0 saturated carbocycles. The van der Waals surface area contributed by atoms with Crippen LogP contribution in [0.1, 0.15) is 15.2 Å². The van der Waals surface area contributed by atoms with Crippen LogP contribution in [0.25, 0.3) is 0 Å². The first-order valence-corrected chi connectivity index (χ1v) is 5.22. The average molecular weight is 237 g/mol. The zero-order valence-electron chi connectivity index (χ0n) is 8.74. The normalized spacial score (nSPS) is 9.25. The van der Waals surface area contributed by atoms with Crippen molar-refractivity contribution in [2.24, 2.45) is 0 Å².